The van der Waals surface area contributed by atoms with Crippen LogP contribution >= 0.6 is 0 Å². The molecule has 2 fully saturated rings. The van der Waals surface area contributed by atoms with Gasteiger partial charge in [-0.1, -0.05) is 6.42 Å². The van der Waals surface area contributed by atoms with Crippen LogP contribution in [0.3, 0.4) is 0 Å². The van der Waals surface area contributed by atoms with E-state index in [4.69, 9.17) is 0 Å². The van der Waals surface area contributed by atoms with Crippen molar-refractivity contribution < 1.29 is 4.79 Å². The zero-order valence-electron chi connectivity index (χ0n) is 8.46. The first kappa shape index (κ1) is 9.20. The third-order valence-electron chi connectivity index (χ3n) is 3.63. The van der Waals surface area contributed by atoms with Gasteiger partial charge in [0.25, 0.3) is 0 Å². The molecule has 2 aliphatic rings. The van der Waals surface area contributed by atoms with Crippen LogP contribution in [0, 0.1) is 11.8 Å². The van der Waals surface area contributed by atoms with E-state index in [0.717, 1.165) is 25.9 Å². The van der Waals surface area contributed by atoms with Gasteiger partial charge in [0.1, 0.15) is 5.78 Å². The summed E-state index contributed by atoms with van der Waals surface area (Å²) in [5.41, 5.74) is 0. The summed E-state index contributed by atoms with van der Waals surface area (Å²) in [5.74, 6) is 1.44. The Morgan fingerprint density at radius 3 is 2.08 bits per heavy atom. The Kier molecular flexibility index (Phi) is 2.68. The molecule has 2 heteroatoms. The number of likely N-dealkylation sites (tertiary alicyclic amines) is 1. The molecule has 1 aliphatic carbocycles. The second-order valence-electron chi connectivity index (χ2n) is 4.61. The molecule has 0 N–H and O–H groups in total. The molecule has 2 rings (SSSR count). The van der Waals surface area contributed by atoms with E-state index in [2.05, 4.69) is 11.9 Å². The molecule has 0 unspecified atom stereocenters. The van der Waals surface area contributed by atoms with Crippen LogP contribution in [-0.4, -0.2) is 30.8 Å². The van der Waals surface area contributed by atoms with Crippen LogP contribution in [0.25, 0.3) is 0 Å². The van der Waals surface area contributed by atoms with E-state index < -0.39 is 0 Å². The average molecular weight is 181 g/mol. The molecule has 1 saturated heterocycles. The molecule has 13 heavy (non-hydrogen) atoms. The third kappa shape index (κ3) is 1.93. The second kappa shape index (κ2) is 3.79. The van der Waals surface area contributed by atoms with Crippen molar-refractivity contribution in [1.29, 1.82) is 0 Å². The minimum absolute atomic E-state index is 0.404. The minimum atomic E-state index is 0.404. The van der Waals surface area contributed by atoms with Gasteiger partial charge in [-0.25, -0.2) is 0 Å². The van der Waals surface area contributed by atoms with Gasteiger partial charge in [0.05, 0.1) is 0 Å². The minimum Gasteiger partial charge on any atom is -0.306 e. The number of carbonyl (C=O) groups excluding carboxylic acids is 1. The normalized spacial score (nSPS) is 27.2. The van der Waals surface area contributed by atoms with Gasteiger partial charge in [-0.3, -0.25) is 4.79 Å². The highest BCUT2D eigenvalue weighted by atomic mass is 16.1. The van der Waals surface area contributed by atoms with Gasteiger partial charge in [-0.05, 0) is 45.8 Å². The summed E-state index contributed by atoms with van der Waals surface area (Å²) in [6.07, 6.45) is 5.83. The van der Waals surface area contributed by atoms with Gasteiger partial charge < -0.3 is 4.90 Å². The molecule has 0 spiro atoms. The largest absolute Gasteiger partial charge is 0.306 e. The highest BCUT2D eigenvalue weighted by Crippen LogP contribution is 2.32. The van der Waals surface area contributed by atoms with Crippen molar-refractivity contribution in [1.82, 2.24) is 4.90 Å². The molecule has 0 bridgehead atoms. The summed E-state index contributed by atoms with van der Waals surface area (Å²) >= 11 is 0. The lowest BCUT2D eigenvalue weighted by molar-refractivity contribution is -0.130. The molecular formula is C11H19NO. The molecule has 0 aromatic heterocycles. The van der Waals surface area contributed by atoms with Crippen LogP contribution in [0.4, 0.5) is 0 Å². The molecule has 0 amide bonds. The Morgan fingerprint density at radius 2 is 1.62 bits per heavy atom. The van der Waals surface area contributed by atoms with Crippen LogP contribution in [0.1, 0.15) is 32.1 Å². The molecule has 0 aromatic rings. The number of carbonyl (C=O) groups is 1. The zero-order chi connectivity index (χ0) is 9.26. The lowest BCUT2D eigenvalue weighted by Crippen LogP contribution is -2.37. The molecule has 1 heterocycles. The topological polar surface area (TPSA) is 20.3 Å². The van der Waals surface area contributed by atoms with Crippen molar-refractivity contribution in [2.45, 2.75) is 32.1 Å². The van der Waals surface area contributed by atoms with Gasteiger partial charge in [0, 0.05) is 11.8 Å². The van der Waals surface area contributed by atoms with E-state index in [1.807, 2.05) is 0 Å². The molecule has 0 radical (unpaired) electrons. The monoisotopic (exact) mass is 181 g/mol. The maximum absolute atomic E-state index is 11.9. The van der Waals surface area contributed by atoms with Crippen LogP contribution in [0.5, 0.6) is 0 Å². The van der Waals surface area contributed by atoms with Gasteiger partial charge in [-0.2, -0.15) is 0 Å². The number of hydrogen-bond acceptors (Lipinski definition) is 2. The van der Waals surface area contributed by atoms with Crippen molar-refractivity contribution in [3.8, 4) is 0 Å². The summed E-state index contributed by atoms with van der Waals surface area (Å²) < 4.78 is 0. The Balaban J connectivity index is 1.83. The first-order valence-electron chi connectivity index (χ1n) is 5.49. The smallest absolute Gasteiger partial charge is 0.139 e. The van der Waals surface area contributed by atoms with Gasteiger partial charge in [0.15, 0.2) is 0 Å². The highest BCUT2D eigenvalue weighted by molar-refractivity contribution is 5.84. The molecule has 1 saturated carbocycles. The maximum atomic E-state index is 11.9. The summed E-state index contributed by atoms with van der Waals surface area (Å²) in [6.45, 7) is 2.23. The van der Waals surface area contributed by atoms with E-state index >= 15 is 0 Å². The molecule has 0 aromatic carbocycles. The van der Waals surface area contributed by atoms with Crippen LogP contribution in [0.15, 0.2) is 0 Å². The Morgan fingerprint density at radius 1 is 1.08 bits per heavy atom. The number of nitrogens with zero attached hydrogens (tertiary/aromatic N) is 1. The van der Waals surface area contributed by atoms with Gasteiger partial charge in [0.2, 0.25) is 0 Å². The molecule has 1 aliphatic heterocycles. The fourth-order valence-electron chi connectivity index (χ4n) is 2.32. The van der Waals surface area contributed by atoms with Crippen LogP contribution < -0.4 is 0 Å². The quantitative estimate of drug-likeness (QED) is 0.646. The fourth-order valence-corrected chi connectivity index (χ4v) is 2.32. The van der Waals surface area contributed by atoms with Crippen molar-refractivity contribution in [3.63, 3.8) is 0 Å². The SMILES string of the molecule is CN1CCC(C(=O)C2CCC2)CC1. The van der Waals surface area contributed by atoms with Crippen molar-refractivity contribution in [2.75, 3.05) is 20.1 Å². The van der Waals surface area contributed by atoms with Crippen molar-refractivity contribution in [2.24, 2.45) is 11.8 Å². The van der Waals surface area contributed by atoms with E-state index in [9.17, 15) is 4.79 Å². The van der Waals surface area contributed by atoms with Gasteiger partial charge in [-0.15, -0.1) is 0 Å². The predicted octanol–water partition coefficient (Wildman–Crippen LogP) is 1.70. The van der Waals surface area contributed by atoms with Crippen LogP contribution in [0.2, 0.25) is 0 Å². The lowest BCUT2D eigenvalue weighted by Gasteiger charge is -2.33. The Labute approximate surface area is 80.3 Å². The van der Waals surface area contributed by atoms with E-state index in [1.165, 1.54) is 19.3 Å². The zero-order valence-corrected chi connectivity index (χ0v) is 8.46. The average Bonchev–Trinajstić information content (AvgIpc) is 2.02. The summed E-state index contributed by atoms with van der Waals surface area (Å²) in [7, 11) is 2.14. The number of ketones is 1. The van der Waals surface area contributed by atoms with Crippen molar-refractivity contribution >= 4 is 5.78 Å². The number of Topliss-reactive ketones (excluding diaryl/α,β-unsaturated/α-hetero) is 1. The number of hydrogen-bond donors (Lipinski definition) is 0. The summed E-state index contributed by atoms with van der Waals surface area (Å²) in [4.78, 5) is 14.2. The Hall–Kier alpha value is -0.370. The standard InChI is InChI=1S/C11H19NO/c1-12-7-5-10(6-8-12)11(13)9-3-2-4-9/h9-10H,2-8H2,1H3. The predicted molar refractivity (Wildman–Crippen MR) is 52.6 cm³/mol. The van der Waals surface area contributed by atoms with E-state index in [0.29, 0.717) is 17.6 Å². The number of rotatable bonds is 2. The second-order valence-corrected chi connectivity index (χ2v) is 4.61. The summed E-state index contributed by atoms with van der Waals surface area (Å²) in [6, 6.07) is 0. The van der Waals surface area contributed by atoms with Gasteiger partial charge >= 0.3 is 0 Å². The lowest BCUT2D eigenvalue weighted by atomic mass is 9.75. The number of piperidine rings is 1. The summed E-state index contributed by atoms with van der Waals surface area (Å²) in [5, 5.41) is 0. The molecule has 2 nitrogen and oxygen atoms in total. The van der Waals surface area contributed by atoms with Crippen molar-refractivity contribution in [3.05, 3.63) is 0 Å². The molecule has 0 atom stereocenters. The third-order valence-corrected chi connectivity index (χ3v) is 3.63. The molecule has 74 valence electrons. The maximum Gasteiger partial charge on any atom is 0.139 e. The first-order chi connectivity index (χ1) is 6.27. The highest BCUT2D eigenvalue weighted by Gasteiger charge is 2.32. The van der Waals surface area contributed by atoms with Crippen LogP contribution in [-0.2, 0) is 4.79 Å². The Bertz CT molecular complexity index is 190. The van der Waals surface area contributed by atoms with E-state index in [-0.39, 0.29) is 0 Å². The molecular weight excluding hydrogens is 162 g/mol. The van der Waals surface area contributed by atoms with E-state index in [1.54, 1.807) is 0 Å². The first-order valence-corrected chi connectivity index (χ1v) is 5.49. The fraction of sp³-hybridized carbons (Fsp3) is 0.909.